The Bertz CT molecular complexity index is 518. The molecule has 1 heterocycles. The summed E-state index contributed by atoms with van der Waals surface area (Å²) in [6, 6.07) is 7.34. The van der Waals surface area contributed by atoms with E-state index in [1.54, 1.807) is 17.9 Å². The molecule has 0 bridgehead atoms. The molecule has 1 aromatic carbocycles. The van der Waals surface area contributed by atoms with E-state index in [1.165, 1.54) is 0 Å². The van der Waals surface area contributed by atoms with Gasteiger partial charge in [0.2, 0.25) is 5.91 Å². The third-order valence-corrected chi connectivity index (χ3v) is 4.06. The first-order valence-corrected chi connectivity index (χ1v) is 7.67. The van der Waals surface area contributed by atoms with E-state index in [1.807, 2.05) is 18.2 Å². The van der Waals surface area contributed by atoms with E-state index >= 15 is 0 Å². The topological polar surface area (TPSA) is 46.6 Å². The minimum Gasteiger partial charge on any atom is -0.466 e. The van der Waals surface area contributed by atoms with E-state index in [0.717, 1.165) is 18.4 Å². The number of hydrogen-bond donors (Lipinski definition) is 0. The van der Waals surface area contributed by atoms with Crippen molar-refractivity contribution in [3.63, 3.8) is 0 Å². The van der Waals surface area contributed by atoms with Gasteiger partial charge in [-0.15, -0.1) is 0 Å². The summed E-state index contributed by atoms with van der Waals surface area (Å²) in [7, 11) is 0. The lowest BCUT2D eigenvalue weighted by atomic mass is 9.97. The first-order valence-electron chi connectivity index (χ1n) is 7.29. The Balaban J connectivity index is 1.96. The van der Waals surface area contributed by atoms with Gasteiger partial charge in [0.15, 0.2) is 0 Å². The van der Waals surface area contributed by atoms with E-state index < -0.39 is 0 Å². The monoisotopic (exact) mass is 309 g/mol. The molecule has 21 heavy (non-hydrogen) atoms. The number of halogens is 1. The number of benzene rings is 1. The van der Waals surface area contributed by atoms with Crippen LogP contribution >= 0.6 is 11.6 Å². The normalized spacial score (nSPS) is 18.4. The molecule has 1 fully saturated rings. The molecule has 1 aliphatic heterocycles. The summed E-state index contributed by atoms with van der Waals surface area (Å²) in [5.41, 5.74) is 0.822. The smallest absolute Gasteiger partial charge is 0.310 e. The van der Waals surface area contributed by atoms with Gasteiger partial charge in [-0.25, -0.2) is 0 Å². The third kappa shape index (κ3) is 4.21. The quantitative estimate of drug-likeness (QED) is 0.803. The Labute approximate surface area is 130 Å². The second kappa shape index (κ2) is 7.46. The fourth-order valence-electron chi connectivity index (χ4n) is 2.57. The molecule has 1 amide bonds. The van der Waals surface area contributed by atoms with Gasteiger partial charge in [0.05, 0.1) is 18.9 Å². The van der Waals surface area contributed by atoms with Crippen molar-refractivity contribution in [2.75, 3.05) is 19.7 Å². The van der Waals surface area contributed by atoms with E-state index in [-0.39, 0.29) is 24.2 Å². The number of esters is 1. The highest BCUT2D eigenvalue weighted by molar-refractivity contribution is 6.31. The SMILES string of the molecule is CCOC(=O)[C@H]1CCCN(C(=O)Cc2ccccc2Cl)C1. The van der Waals surface area contributed by atoms with Crippen molar-refractivity contribution in [2.24, 2.45) is 5.92 Å². The molecule has 5 heteroatoms. The van der Waals surface area contributed by atoms with Gasteiger partial charge >= 0.3 is 5.97 Å². The van der Waals surface area contributed by atoms with Crippen LogP contribution < -0.4 is 0 Å². The maximum Gasteiger partial charge on any atom is 0.310 e. The summed E-state index contributed by atoms with van der Waals surface area (Å²) >= 11 is 6.08. The highest BCUT2D eigenvalue weighted by Gasteiger charge is 2.29. The number of carbonyl (C=O) groups is 2. The lowest BCUT2D eigenvalue weighted by Crippen LogP contribution is -2.43. The zero-order chi connectivity index (χ0) is 15.2. The molecule has 0 saturated carbocycles. The lowest BCUT2D eigenvalue weighted by molar-refractivity contribution is -0.151. The highest BCUT2D eigenvalue weighted by Crippen LogP contribution is 2.21. The largest absolute Gasteiger partial charge is 0.466 e. The summed E-state index contributed by atoms with van der Waals surface area (Å²) in [5.74, 6) is -0.390. The van der Waals surface area contributed by atoms with Gasteiger partial charge in [-0.1, -0.05) is 29.8 Å². The van der Waals surface area contributed by atoms with Gasteiger partial charge in [0, 0.05) is 18.1 Å². The molecule has 1 saturated heterocycles. The van der Waals surface area contributed by atoms with Crippen molar-refractivity contribution in [2.45, 2.75) is 26.2 Å². The van der Waals surface area contributed by atoms with E-state index in [9.17, 15) is 9.59 Å². The van der Waals surface area contributed by atoms with Crippen LogP contribution in [0.5, 0.6) is 0 Å². The van der Waals surface area contributed by atoms with Crippen LogP contribution in [-0.2, 0) is 20.7 Å². The van der Waals surface area contributed by atoms with E-state index in [4.69, 9.17) is 16.3 Å². The first-order chi connectivity index (χ1) is 10.1. The molecule has 4 nitrogen and oxygen atoms in total. The zero-order valence-corrected chi connectivity index (χ0v) is 12.9. The van der Waals surface area contributed by atoms with Gasteiger partial charge in [0.1, 0.15) is 0 Å². The van der Waals surface area contributed by atoms with Crippen LogP contribution in [0.25, 0.3) is 0 Å². The molecule has 0 spiro atoms. The van der Waals surface area contributed by atoms with Crippen molar-refractivity contribution in [3.05, 3.63) is 34.9 Å². The summed E-state index contributed by atoms with van der Waals surface area (Å²) in [5, 5.41) is 0.602. The second-order valence-electron chi connectivity index (χ2n) is 5.20. The van der Waals surface area contributed by atoms with Crippen LogP contribution in [-0.4, -0.2) is 36.5 Å². The van der Waals surface area contributed by atoms with Crippen LogP contribution in [0, 0.1) is 5.92 Å². The van der Waals surface area contributed by atoms with Crippen molar-refractivity contribution in [1.29, 1.82) is 0 Å². The van der Waals surface area contributed by atoms with Gasteiger partial charge in [0.25, 0.3) is 0 Å². The molecule has 2 rings (SSSR count). The standard InChI is InChI=1S/C16H20ClNO3/c1-2-21-16(20)13-7-5-9-18(11-13)15(19)10-12-6-3-4-8-14(12)17/h3-4,6,8,13H,2,5,7,9-11H2,1H3/t13-/m0/s1. The molecule has 114 valence electrons. The van der Waals surface area contributed by atoms with Gasteiger partial charge < -0.3 is 9.64 Å². The minimum atomic E-state index is -0.201. The molecular formula is C16H20ClNO3. The maximum atomic E-state index is 12.4. The predicted octanol–water partition coefficient (Wildman–Crippen LogP) is 2.68. The number of piperidine rings is 1. The Morgan fingerprint density at radius 3 is 2.86 bits per heavy atom. The molecule has 0 N–H and O–H groups in total. The predicted molar refractivity (Wildman–Crippen MR) is 81.1 cm³/mol. The number of likely N-dealkylation sites (tertiary alicyclic amines) is 1. The number of rotatable bonds is 4. The number of ether oxygens (including phenoxy) is 1. The van der Waals surface area contributed by atoms with Gasteiger partial charge in [-0.05, 0) is 31.4 Å². The number of nitrogens with zero attached hydrogens (tertiary/aromatic N) is 1. The van der Waals surface area contributed by atoms with Crippen LogP contribution in [0.1, 0.15) is 25.3 Å². The summed E-state index contributed by atoms with van der Waals surface area (Å²) in [6.07, 6.45) is 1.89. The Morgan fingerprint density at radius 2 is 2.14 bits per heavy atom. The summed E-state index contributed by atoms with van der Waals surface area (Å²) in [6.45, 7) is 3.31. The van der Waals surface area contributed by atoms with Gasteiger partial charge in [-0.3, -0.25) is 9.59 Å². The average Bonchev–Trinajstić information content (AvgIpc) is 2.50. The number of hydrogen-bond acceptors (Lipinski definition) is 3. The molecule has 0 radical (unpaired) electrons. The molecule has 1 aliphatic rings. The summed E-state index contributed by atoms with van der Waals surface area (Å²) in [4.78, 5) is 25.9. The Hall–Kier alpha value is -1.55. The highest BCUT2D eigenvalue weighted by atomic mass is 35.5. The van der Waals surface area contributed by atoms with Crippen LogP contribution in [0.4, 0.5) is 0 Å². The van der Waals surface area contributed by atoms with Crippen LogP contribution in [0.2, 0.25) is 5.02 Å². The Kier molecular flexibility index (Phi) is 5.62. The molecule has 0 aromatic heterocycles. The molecule has 1 atom stereocenters. The third-order valence-electron chi connectivity index (χ3n) is 3.69. The number of amides is 1. The van der Waals surface area contributed by atoms with Gasteiger partial charge in [-0.2, -0.15) is 0 Å². The maximum absolute atomic E-state index is 12.4. The second-order valence-corrected chi connectivity index (χ2v) is 5.61. The fourth-order valence-corrected chi connectivity index (χ4v) is 2.78. The fraction of sp³-hybridized carbons (Fsp3) is 0.500. The van der Waals surface area contributed by atoms with E-state index in [2.05, 4.69) is 0 Å². The van der Waals surface area contributed by atoms with Crippen LogP contribution in [0.3, 0.4) is 0 Å². The molecular weight excluding hydrogens is 290 g/mol. The van der Waals surface area contributed by atoms with Crippen molar-refractivity contribution in [1.82, 2.24) is 4.90 Å². The molecule has 0 unspecified atom stereocenters. The molecule has 1 aromatic rings. The van der Waals surface area contributed by atoms with Crippen molar-refractivity contribution in [3.8, 4) is 0 Å². The van der Waals surface area contributed by atoms with Crippen LogP contribution in [0.15, 0.2) is 24.3 Å². The average molecular weight is 310 g/mol. The lowest BCUT2D eigenvalue weighted by Gasteiger charge is -2.31. The zero-order valence-electron chi connectivity index (χ0n) is 12.2. The summed E-state index contributed by atoms with van der Waals surface area (Å²) < 4.78 is 5.05. The van der Waals surface area contributed by atoms with Crippen molar-refractivity contribution < 1.29 is 14.3 Å². The van der Waals surface area contributed by atoms with E-state index in [0.29, 0.717) is 24.7 Å². The molecule has 0 aliphatic carbocycles. The Morgan fingerprint density at radius 1 is 1.38 bits per heavy atom. The first kappa shape index (κ1) is 15.8. The number of carbonyl (C=O) groups excluding carboxylic acids is 2. The minimum absolute atomic E-state index is 0.0112. The van der Waals surface area contributed by atoms with Crippen molar-refractivity contribution >= 4 is 23.5 Å².